The average molecular weight is 350 g/mol. The number of aromatic nitrogens is 1. The maximum absolute atomic E-state index is 5.97. The molecular weight excluding hydrogens is 340 g/mol. The number of hydrogen-bond donors (Lipinski definition) is 1. The number of halogens is 2. The zero-order chi connectivity index (χ0) is 14.1. The summed E-state index contributed by atoms with van der Waals surface area (Å²) < 4.78 is 6.77. The van der Waals surface area contributed by atoms with Crippen molar-refractivity contribution in [2.24, 2.45) is 0 Å². The van der Waals surface area contributed by atoms with E-state index in [-0.39, 0.29) is 0 Å². The number of pyridine rings is 1. The SMILES string of the molecule is Nc1cc(Br)cc(Oc2ccnc3cc(Cl)ccc23)c1. The first-order valence-corrected chi connectivity index (χ1v) is 7.07. The molecule has 1 aromatic heterocycles. The lowest BCUT2D eigenvalue weighted by Gasteiger charge is -2.09. The van der Waals surface area contributed by atoms with Crippen molar-refractivity contribution in [3.8, 4) is 11.5 Å². The number of fused-ring (bicyclic) bond motifs is 1. The van der Waals surface area contributed by atoms with Crippen LogP contribution in [0, 0.1) is 0 Å². The molecule has 0 radical (unpaired) electrons. The van der Waals surface area contributed by atoms with Gasteiger partial charge in [0.25, 0.3) is 0 Å². The van der Waals surface area contributed by atoms with Crippen LogP contribution in [0.25, 0.3) is 10.9 Å². The average Bonchev–Trinajstić information content (AvgIpc) is 2.37. The molecule has 3 aromatic rings. The Morgan fingerprint density at radius 2 is 1.95 bits per heavy atom. The van der Waals surface area contributed by atoms with Gasteiger partial charge in [-0.05, 0) is 36.4 Å². The van der Waals surface area contributed by atoms with Crippen molar-refractivity contribution in [1.82, 2.24) is 4.98 Å². The minimum atomic E-state index is 0.635. The number of nitrogens with two attached hydrogens (primary N) is 1. The van der Waals surface area contributed by atoms with Crippen molar-refractivity contribution in [2.75, 3.05) is 5.73 Å². The Labute approximate surface area is 129 Å². The molecule has 0 saturated carbocycles. The van der Waals surface area contributed by atoms with Gasteiger partial charge in [-0.2, -0.15) is 0 Å². The summed E-state index contributed by atoms with van der Waals surface area (Å²) in [7, 11) is 0. The number of rotatable bonds is 2. The largest absolute Gasteiger partial charge is 0.456 e. The topological polar surface area (TPSA) is 48.1 Å². The summed E-state index contributed by atoms with van der Waals surface area (Å²) in [5.41, 5.74) is 7.23. The van der Waals surface area contributed by atoms with Crippen LogP contribution in [0.3, 0.4) is 0 Å². The maximum atomic E-state index is 5.97. The fraction of sp³-hybridized carbons (Fsp3) is 0. The molecule has 5 heteroatoms. The normalized spacial score (nSPS) is 10.7. The van der Waals surface area contributed by atoms with Gasteiger partial charge in [0.2, 0.25) is 0 Å². The van der Waals surface area contributed by atoms with Gasteiger partial charge in [0.05, 0.1) is 5.52 Å². The zero-order valence-corrected chi connectivity index (χ0v) is 12.6. The fourth-order valence-corrected chi connectivity index (χ4v) is 2.61. The van der Waals surface area contributed by atoms with Crippen LogP contribution in [-0.4, -0.2) is 4.98 Å². The predicted octanol–water partition coefficient (Wildman–Crippen LogP) is 5.03. The summed E-state index contributed by atoms with van der Waals surface area (Å²) in [4.78, 5) is 4.28. The molecule has 0 bridgehead atoms. The monoisotopic (exact) mass is 348 g/mol. The standard InChI is InChI=1S/C15H10BrClN2O/c16-9-5-11(18)8-12(6-9)20-15-3-4-19-14-7-10(17)1-2-13(14)15/h1-8H,18H2. The first-order chi connectivity index (χ1) is 9.61. The van der Waals surface area contributed by atoms with Crippen LogP contribution in [0.2, 0.25) is 5.02 Å². The van der Waals surface area contributed by atoms with Crippen molar-refractivity contribution >= 4 is 44.1 Å². The van der Waals surface area contributed by atoms with E-state index in [9.17, 15) is 0 Å². The molecule has 0 aliphatic heterocycles. The van der Waals surface area contributed by atoms with Crippen LogP contribution in [-0.2, 0) is 0 Å². The highest BCUT2D eigenvalue weighted by atomic mass is 79.9. The molecule has 0 atom stereocenters. The molecule has 0 fully saturated rings. The van der Waals surface area contributed by atoms with E-state index in [1.807, 2.05) is 30.3 Å². The molecule has 0 amide bonds. The Morgan fingerprint density at radius 1 is 1.10 bits per heavy atom. The van der Waals surface area contributed by atoms with E-state index < -0.39 is 0 Å². The molecule has 1 heterocycles. The maximum Gasteiger partial charge on any atom is 0.138 e. The van der Waals surface area contributed by atoms with Crippen molar-refractivity contribution in [2.45, 2.75) is 0 Å². The van der Waals surface area contributed by atoms with Crippen molar-refractivity contribution in [3.05, 3.63) is 58.2 Å². The Hall–Kier alpha value is -1.78. The quantitative estimate of drug-likeness (QED) is 0.660. The van der Waals surface area contributed by atoms with Gasteiger partial charge in [0.15, 0.2) is 0 Å². The van der Waals surface area contributed by atoms with E-state index in [0.29, 0.717) is 22.2 Å². The lowest BCUT2D eigenvalue weighted by atomic mass is 10.2. The van der Waals surface area contributed by atoms with Crippen LogP contribution in [0.4, 0.5) is 5.69 Å². The molecule has 100 valence electrons. The Balaban J connectivity index is 2.06. The lowest BCUT2D eigenvalue weighted by molar-refractivity contribution is 0.488. The number of ether oxygens (including phenoxy) is 1. The van der Waals surface area contributed by atoms with E-state index in [4.69, 9.17) is 22.1 Å². The van der Waals surface area contributed by atoms with Crippen molar-refractivity contribution in [3.63, 3.8) is 0 Å². The second kappa shape index (κ2) is 5.31. The zero-order valence-electron chi connectivity index (χ0n) is 10.3. The van der Waals surface area contributed by atoms with Gasteiger partial charge in [0.1, 0.15) is 11.5 Å². The van der Waals surface area contributed by atoms with Crippen LogP contribution in [0.5, 0.6) is 11.5 Å². The number of hydrogen-bond acceptors (Lipinski definition) is 3. The first kappa shape index (κ1) is 13.2. The summed E-state index contributed by atoms with van der Waals surface area (Å²) in [5.74, 6) is 1.38. The van der Waals surface area contributed by atoms with Crippen molar-refractivity contribution < 1.29 is 4.74 Å². The molecular formula is C15H10BrClN2O. The van der Waals surface area contributed by atoms with E-state index >= 15 is 0 Å². The molecule has 0 saturated heterocycles. The van der Waals surface area contributed by atoms with E-state index in [1.54, 1.807) is 18.3 Å². The van der Waals surface area contributed by atoms with E-state index in [1.165, 1.54) is 0 Å². The summed E-state index contributed by atoms with van der Waals surface area (Å²) in [6.45, 7) is 0. The first-order valence-electron chi connectivity index (χ1n) is 5.90. The smallest absolute Gasteiger partial charge is 0.138 e. The Kier molecular flexibility index (Phi) is 3.51. The molecule has 2 aromatic carbocycles. The Morgan fingerprint density at radius 3 is 2.75 bits per heavy atom. The van der Waals surface area contributed by atoms with Gasteiger partial charge < -0.3 is 10.5 Å². The van der Waals surface area contributed by atoms with Crippen LogP contribution < -0.4 is 10.5 Å². The molecule has 0 aliphatic carbocycles. The highest BCUT2D eigenvalue weighted by molar-refractivity contribution is 9.10. The Bertz CT molecular complexity index is 772. The highest BCUT2D eigenvalue weighted by Crippen LogP contribution is 2.32. The van der Waals surface area contributed by atoms with Gasteiger partial charge in [-0.25, -0.2) is 0 Å². The lowest BCUT2D eigenvalue weighted by Crippen LogP contribution is -1.90. The molecule has 0 spiro atoms. The minimum absolute atomic E-state index is 0.635. The van der Waals surface area contributed by atoms with Gasteiger partial charge in [-0.3, -0.25) is 4.98 Å². The van der Waals surface area contributed by atoms with Crippen LogP contribution in [0.15, 0.2) is 53.1 Å². The minimum Gasteiger partial charge on any atom is -0.456 e. The number of nitrogens with zero attached hydrogens (tertiary/aromatic N) is 1. The summed E-state index contributed by atoms with van der Waals surface area (Å²) >= 11 is 9.37. The molecule has 20 heavy (non-hydrogen) atoms. The van der Waals surface area contributed by atoms with Crippen LogP contribution in [0.1, 0.15) is 0 Å². The second-order valence-corrected chi connectivity index (χ2v) is 5.64. The molecule has 3 rings (SSSR count). The van der Waals surface area contributed by atoms with E-state index in [2.05, 4.69) is 20.9 Å². The fourth-order valence-electron chi connectivity index (χ4n) is 1.95. The van der Waals surface area contributed by atoms with Crippen molar-refractivity contribution in [1.29, 1.82) is 0 Å². The second-order valence-electron chi connectivity index (χ2n) is 4.29. The van der Waals surface area contributed by atoms with Gasteiger partial charge >= 0.3 is 0 Å². The number of benzene rings is 2. The summed E-state index contributed by atoms with van der Waals surface area (Å²) in [6, 6.07) is 12.8. The highest BCUT2D eigenvalue weighted by Gasteiger charge is 2.06. The molecule has 0 unspecified atom stereocenters. The van der Waals surface area contributed by atoms with Gasteiger partial charge in [-0.1, -0.05) is 27.5 Å². The van der Waals surface area contributed by atoms with E-state index in [0.717, 1.165) is 15.4 Å². The molecule has 2 N–H and O–H groups in total. The number of nitrogen functional groups attached to an aromatic ring is 1. The summed E-state index contributed by atoms with van der Waals surface area (Å²) in [6.07, 6.45) is 1.69. The van der Waals surface area contributed by atoms with Gasteiger partial charge in [0, 0.05) is 32.8 Å². The molecule has 0 aliphatic rings. The third-order valence-electron chi connectivity index (χ3n) is 2.79. The third kappa shape index (κ3) is 2.71. The number of anilines is 1. The summed E-state index contributed by atoms with van der Waals surface area (Å²) in [5, 5.41) is 1.55. The van der Waals surface area contributed by atoms with Gasteiger partial charge in [-0.15, -0.1) is 0 Å². The predicted molar refractivity (Wildman–Crippen MR) is 85.4 cm³/mol. The van der Waals surface area contributed by atoms with Crippen LogP contribution >= 0.6 is 27.5 Å². The third-order valence-corrected chi connectivity index (χ3v) is 3.48. The molecule has 3 nitrogen and oxygen atoms in total.